The Balaban J connectivity index is 1.25. The highest BCUT2D eigenvalue weighted by molar-refractivity contribution is 7.26. The number of fused-ring (bicyclic) bond motifs is 10. The van der Waals surface area contributed by atoms with Crippen molar-refractivity contribution in [1.29, 1.82) is 0 Å². The molecule has 266 valence electrons. The van der Waals surface area contributed by atoms with Gasteiger partial charge >= 0.3 is 0 Å². The van der Waals surface area contributed by atoms with Crippen molar-refractivity contribution in [1.82, 2.24) is 19.5 Å². The van der Waals surface area contributed by atoms with E-state index in [1.807, 2.05) is 18.2 Å². The van der Waals surface area contributed by atoms with Crippen LogP contribution in [0.4, 0.5) is 0 Å². The maximum atomic E-state index is 5.51. The highest BCUT2D eigenvalue weighted by Gasteiger charge is 2.48. The summed E-state index contributed by atoms with van der Waals surface area (Å²) >= 11 is 1.79. The molecule has 0 saturated heterocycles. The summed E-state index contributed by atoms with van der Waals surface area (Å²) in [5.41, 5.74) is 10.8. The molecule has 1 aliphatic carbocycles. The number of hydrogen-bond acceptors (Lipinski definition) is 4. The predicted octanol–water partition coefficient (Wildman–Crippen LogP) is 13.0. The van der Waals surface area contributed by atoms with Crippen LogP contribution in [0.15, 0.2) is 194 Å². The Morgan fingerprint density at radius 3 is 1.82 bits per heavy atom. The summed E-state index contributed by atoms with van der Waals surface area (Å²) in [5, 5.41) is 4.76. The van der Waals surface area contributed by atoms with Crippen LogP contribution in [0.2, 0.25) is 0 Å². The summed E-state index contributed by atoms with van der Waals surface area (Å²) in [6.45, 7) is 0. The van der Waals surface area contributed by atoms with E-state index in [0.29, 0.717) is 17.6 Å². The SMILES string of the molecule is c1ccc(-c2nc(-c3cccc4c3sc3ccccc34)nc(-n3c4ccccc4c4ccc5c(c43)C(c3ccccc3)(c3ccccc3)c3ccccc3-5)n2)cc1. The van der Waals surface area contributed by atoms with Crippen LogP contribution in [-0.2, 0) is 5.41 Å². The van der Waals surface area contributed by atoms with Gasteiger partial charge in [-0.1, -0.05) is 176 Å². The zero-order chi connectivity index (χ0) is 37.5. The minimum absolute atomic E-state index is 0.586. The Bertz CT molecular complexity index is 3310. The molecule has 12 rings (SSSR count). The third-order valence-electron chi connectivity index (χ3n) is 11.7. The van der Waals surface area contributed by atoms with Crippen LogP contribution in [0.1, 0.15) is 22.3 Å². The zero-order valence-electron chi connectivity index (χ0n) is 30.7. The van der Waals surface area contributed by atoms with E-state index in [9.17, 15) is 0 Å². The fourth-order valence-electron chi connectivity index (χ4n) is 9.42. The third-order valence-corrected chi connectivity index (χ3v) is 13.0. The van der Waals surface area contributed by atoms with Gasteiger partial charge in [0, 0.05) is 47.6 Å². The topological polar surface area (TPSA) is 43.6 Å². The molecular formula is C52H32N4S. The van der Waals surface area contributed by atoms with Crippen LogP contribution in [0, 0.1) is 0 Å². The Labute approximate surface area is 333 Å². The minimum atomic E-state index is -0.624. The van der Waals surface area contributed by atoms with Crippen molar-refractivity contribution < 1.29 is 0 Å². The molecule has 8 aromatic carbocycles. The lowest BCUT2D eigenvalue weighted by molar-refractivity contribution is 0.770. The highest BCUT2D eigenvalue weighted by Crippen LogP contribution is 2.59. The van der Waals surface area contributed by atoms with E-state index < -0.39 is 5.41 Å². The normalized spacial score (nSPS) is 13.1. The van der Waals surface area contributed by atoms with Crippen LogP contribution in [0.5, 0.6) is 0 Å². The van der Waals surface area contributed by atoms with Gasteiger partial charge in [0.2, 0.25) is 5.95 Å². The smallest absolute Gasteiger partial charge is 0.238 e. The van der Waals surface area contributed by atoms with Crippen molar-refractivity contribution in [2.24, 2.45) is 0 Å². The first kappa shape index (κ1) is 32.1. The van der Waals surface area contributed by atoms with Crippen molar-refractivity contribution in [2.45, 2.75) is 5.41 Å². The molecule has 11 aromatic rings. The van der Waals surface area contributed by atoms with Gasteiger partial charge in [-0.3, -0.25) is 4.57 Å². The Morgan fingerprint density at radius 1 is 0.421 bits per heavy atom. The second-order valence-electron chi connectivity index (χ2n) is 14.7. The first-order valence-corrected chi connectivity index (χ1v) is 20.1. The van der Waals surface area contributed by atoms with Gasteiger partial charge in [0.05, 0.1) is 16.4 Å². The number of rotatable bonds is 5. The molecule has 0 fully saturated rings. The van der Waals surface area contributed by atoms with Gasteiger partial charge in [0.1, 0.15) is 0 Å². The molecule has 57 heavy (non-hydrogen) atoms. The molecule has 0 saturated carbocycles. The lowest BCUT2D eigenvalue weighted by Crippen LogP contribution is -2.29. The lowest BCUT2D eigenvalue weighted by Gasteiger charge is -2.34. The zero-order valence-corrected chi connectivity index (χ0v) is 31.5. The number of nitrogens with zero attached hydrogens (tertiary/aromatic N) is 4. The average molecular weight is 745 g/mol. The molecule has 5 heteroatoms. The van der Waals surface area contributed by atoms with Gasteiger partial charge in [-0.15, -0.1) is 11.3 Å². The summed E-state index contributed by atoms with van der Waals surface area (Å²) < 4.78 is 4.73. The number of aromatic nitrogens is 4. The minimum Gasteiger partial charge on any atom is -0.277 e. The molecule has 0 radical (unpaired) electrons. The Morgan fingerprint density at radius 2 is 1.04 bits per heavy atom. The van der Waals surface area contributed by atoms with E-state index >= 15 is 0 Å². The van der Waals surface area contributed by atoms with E-state index in [4.69, 9.17) is 15.0 Å². The van der Waals surface area contributed by atoms with Crippen molar-refractivity contribution in [3.05, 3.63) is 216 Å². The van der Waals surface area contributed by atoms with Crippen molar-refractivity contribution in [2.75, 3.05) is 0 Å². The first-order valence-electron chi connectivity index (χ1n) is 19.3. The summed E-state index contributed by atoms with van der Waals surface area (Å²) in [7, 11) is 0. The van der Waals surface area contributed by atoms with E-state index in [0.717, 1.165) is 32.9 Å². The molecule has 0 N–H and O–H groups in total. The Hall–Kier alpha value is -7.21. The number of thiophene rings is 1. The van der Waals surface area contributed by atoms with Crippen molar-refractivity contribution in [3.63, 3.8) is 0 Å². The molecular weight excluding hydrogens is 713 g/mol. The summed E-state index contributed by atoms with van der Waals surface area (Å²) in [5.74, 6) is 1.87. The maximum absolute atomic E-state index is 5.51. The molecule has 3 heterocycles. The van der Waals surface area contributed by atoms with Gasteiger partial charge in [0.15, 0.2) is 11.6 Å². The molecule has 4 nitrogen and oxygen atoms in total. The highest BCUT2D eigenvalue weighted by atomic mass is 32.1. The molecule has 3 aromatic heterocycles. The number of benzene rings is 8. The number of hydrogen-bond donors (Lipinski definition) is 0. The second kappa shape index (κ2) is 12.4. The molecule has 0 amide bonds. The van der Waals surface area contributed by atoms with Crippen LogP contribution in [-0.4, -0.2) is 19.5 Å². The quantitative estimate of drug-likeness (QED) is 0.176. The van der Waals surface area contributed by atoms with Gasteiger partial charge in [0.25, 0.3) is 0 Å². The van der Waals surface area contributed by atoms with Crippen molar-refractivity contribution >= 4 is 53.3 Å². The molecule has 0 unspecified atom stereocenters. The maximum Gasteiger partial charge on any atom is 0.238 e. The third kappa shape index (κ3) is 4.58. The summed E-state index contributed by atoms with van der Waals surface area (Å²) in [4.78, 5) is 16.2. The van der Waals surface area contributed by atoms with E-state index in [1.54, 1.807) is 11.3 Å². The first-order chi connectivity index (χ1) is 28.3. The second-order valence-corrected chi connectivity index (χ2v) is 15.7. The Kier molecular flexibility index (Phi) is 6.98. The van der Waals surface area contributed by atoms with Crippen LogP contribution in [0.3, 0.4) is 0 Å². The van der Waals surface area contributed by atoms with Gasteiger partial charge in [-0.2, -0.15) is 9.97 Å². The molecule has 0 aliphatic heterocycles. The van der Waals surface area contributed by atoms with Crippen LogP contribution < -0.4 is 0 Å². The van der Waals surface area contributed by atoms with Gasteiger partial charge < -0.3 is 0 Å². The van der Waals surface area contributed by atoms with Crippen molar-refractivity contribution in [3.8, 4) is 39.9 Å². The molecule has 1 aliphatic rings. The van der Waals surface area contributed by atoms with Crippen LogP contribution >= 0.6 is 11.3 Å². The van der Waals surface area contributed by atoms with Crippen LogP contribution in [0.25, 0.3) is 81.8 Å². The van der Waals surface area contributed by atoms with Gasteiger partial charge in [-0.25, -0.2) is 4.98 Å². The van der Waals surface area contributed by atoms with E-state index in [1.165, 1.54) is 53.6 Å². The molecule has 0 atom stereocenters. The fraction of sp³-hybridized carbons (Fsp3) is 0.0192. The lowest BCUT2D eigenvalue weighted by atomic mass is 9.67. The summed E-state index contributed by atoms with van der Waals surface area (Å²) in [6, 6.07) is 69.6. The van der Waals surface area contributed by atoms with E-state index in [-0.39, 0.29) is 0 Å². The monoisotopic (exact) mass is 744 g/mol. The largest absolute Gasteiger partial charge is 0.277 e. The molecule has 0 spiro atoms. The standard InChI is InChI=1S/C52H32N4S/c1-4-17-33(18-5-1)49-53-50(42-27-16-26-41-38-25-12-15-30-45(38)57-48(41)42)55-51(54-49)56-44-29-14-11-24-37(44)40-32-31-39-36-23-10-13-28-43(36)52(46(39)47(40)56,34-19-6-2-7-20-34)35-21-8-3-9-22-35/h1-32H. The average Bonchev–Trinajstić information content (AvgIpc) is 3.94. The molecule has 0 bridgehead atoms. The van der Waals surface area contributed by atoms with Gasteiger partial charge in [-0.05, 0) is 46.0 Å². The fourth-order valence-corrected chi connectivity index (χ4v) is 10.6. The summed E-state index contributed by atoms with van der Waals surface area (Å²) in [6.07, 6.45) is 0. The number of para-hydroxylation sites is 1. The predicted molar refractivity (Wildman–Crippen MR) is 235 cm³/mol. The van der Waals surface area contributed by atoms with E-state index in [2.05, 4.69) is 180 Å².